The van der Waals surface area contributed by atoms with Gasteiger partial charge in [0.15, 0.2) is 17.3 Å². The maximum atomic E-state index is 14.1. The van der Waals surface area contributed by atoms with Gasteiger partial charge in [-0.05, 0) is 24.6 Å². The predicted molar refractivity (Wildman–Crippen MR) is 78.1 cm³/mol. The Morgan fingerprint density at radius 2 is 2.33 bits per heavy atom. The molecule has 1 aromatic rings. The van der Waals surface area contributed by atoms with E-state index in [0.717, 1.165) is 19.5 Å². The van der Waals surface area contributed by atoms with Gasteiger partial charge in [0.25, 0.3) is 0 Å². The van der Waals surface area contributed by atoms with E-state index in [-0.39, 0.29) is 18.0 Å². The van der Waals surface area contributed by atoms with E-state index in [1.165, 1.54) is 7.11 Å². The predicted octanol–water partition coefficient (Wildman–Crippen LogP) is 2.06. The van der Waals surface area contributed by atoms with Crippen LogP contribution in [0.1, 0.15) is 18.9 Å². The van der Waals surface area contributed by atoms with Gasteiger partial charge in [-0.2, -0.15) is 0 Å². The molecule has 4 nitrogen and oxygen atoms in total. The van der Waals surface area contributed by atoms with E-state index < -0.39 is 11.9 Å². The van der Waals surface area contributed by atoms with Gasteiger partial charge in [0, 0.05) is 19.5 Å². The zero-order chi connectivity index (χ0) is 15.2. The van der Waals surface area contributed by atoms with Crippen LogP contribution in [-0.2, 0) is 16.0 Å². The number of morpholine rings is 1. The highest BCUT2D eigenvalue weighted by molar-refractivity contribution is 5.85. The minimum absolute atomic E-state index is 0.0354. The Morgan fingerprint density at radius 3 is 3.05 bits per heavy atom. The van der Waals surface area contributed by atoms with Crippen LogP contribution in [0.15, 0.2) is 18.2 Å². The van der Waals surface area contributed by atoms with Crippen molar-refractivity contribution in [2.45, 2.75) is 25.9 Å². The summed E-state index contributed by atoms with van der Waals surface area (Å²) in [7, 11) is 1.41. The van der Waals surface area contributed by atoms with Crippen LogP contribution in [0.2, 0.25) is 0 Å². The molecular weight excluding hydrogens is 273 g/mol. The zero-order valence-electron chi connectivity index (χ0n) is 12.6. The van der Waals surface area contributed by atoms with Gasteiger partial charge in [-0.25, -0.2) is 4.39 Å². The smallest absolute Gasteiger partial charge is 0.168 e. The second kappa shape index (κ2) is 7.52. The molecule has 1 saturated heterocycles. The number of ether oxygens (including phenoxy) is 2. The molecule has 0 bridgehead atoms. The Kier molecular flexibility index (Phi) is 5.70. The standard InChI is InChI=1S/C16H22FNO3/c1-3-7-18-8-9-21-15(11-18)13(19)10-12-5-4-6-14(20-2)16(12)17/h4-6,15H,3,7-11H2,1-2H3. The summed E-state index contributed by atoms with van der Waals surface area (Å²) in [6, 6.07) is 4.85. The molecule has 0 spiro atoms. The Morgan fingerprint density at radius 1 is 1.52 bits per heavy atom. The highest BCUT2D eigenvalue weighted by Gasteiger charge is 2.27. The molecule has 1 aliphatic rings. The number of benzene rings is 1. The third-order valence-electron chi connectivity index (χ3n) is 3.68. The molecule has 0 amide bonds. The number of carbonyl (C=O) groups is 1. The van der Waals surface area contributed by atoms with E-state index in [0.29, 0.717) is 18.7 Å². The largest absolute Gasteiger partial charge is 0.494 e. The number of methoxy groups -OCH3 is 1. The summed E-state index contributed by atoms with van der Waals surface area (Å²) in [4.78, 5) is 14.5. The van der Waals surface area contributed by atoms with Crippen LogP contribution in [0.4, 0.5) is 4.39 Å². The summed E-state index contributed by atoms with van der Waals surface area (Å²) in [5, 5.41) is 0. The minimum Gasteiger partial charge on any atom is -0.494 e. The first-order chi connectivity index (χ1) is 10.2. The molecule has 0 saturated carbocycles. The van der Waals surface area contributed by atoms with E-state index >= 15 is 0 Å². The fraction of sp³-hybridized carbons (Fsp3) is 0.562. The lowest BCUT2D eigenvalue weighted by atomic mass is 10.0. The zero-order valence-corrected chi connectivity index (χ0v) is 12.6. The van der Waals surface area contributed by atoms with Crippen molar-refractivity contribution in [3.63, 3.8) is 0 Å². The Hall–Kier alpha value is -1.46. The van der Waals surface area contributed by atoms with Crippen molar-refractivity contribution >= 4 is 5.78 Å². The van der Waals surface area contributed by atoms with Crippen molar-refractivity contribution in [2.75, 3.05) is 33.4 Å². The normalized spacial score (nSPS) is 19.5. The van der Waals surface area contributed by atoms with Crippen LogP contribution in [0.3, 0.4) is 0 Å². The van der Waals surface area contributed by atoms with Gasteiger partial charge in [-0.15, -0.1) is 0 Å². The van der Waals surface area contributed by atoms with Gasteiger partial charge in [0.2, 0.25) is 0 Å². The number of nitrogens with zero attached hydrogens (tertiary/aromatic N) is 1. The van der Waals surface area contributed by atoms with Crippen LogP contribution < -0.4 is 4.74 Å². The average molecular weight is 295 g/mol. The average Bonchev–Trinajstić information content (AvgIpc) is 2.50. The fourth-order valence-corrected chi connectivity index (χ4v) is 2.57. The van der Waals surface area contributed by atoms with Crippen molar-refractivity contribution in [3.8, 4) is 5.75 Å². The monoisotopic (exact) mass is 295 g/mol. The Labute approximate surface area is 124 Å². The number of hydrogen-bond acceptors (Lipinski definition) is 4. The highest BCUT2D eigenvalue weighted by Crippen LogP contribution is 2.21. The van der Waals surface area contributed by atoms with Crippen LogP contribution in [0, 0.1) is 5.82 Å². The Bertz CT molecular complexity index is 490. The molecule has 2 rings (SSSR count). The summed E-state index contributed by atoms with van der Waals surface area (Å²) in [5.41, 5.74) is 0.357. The Balaban J connectivity index is 2.01. The molecule has 0 aromatic heterocycles. The molecule has 0 N–H and O–H groups in total. The maximum Gasteiger partial charge on any atom is 0.168 e. The number of ketones is 1. The lowest BCUT2D eigenvalue weighted by Crippen LogP contribution is -2.46. The maximum absolute atomic E-state index is 14.1. The van der Waals surface area contributed by atoms with E-state index in [1.54, 1.807) is 18.2 Å². The highest BCUT2D eigenvalue weighted by atomic mass is 19.1. The number of carbonyl (C=O) groups excluding carboxylic acids is 1. The molecule has 1 aliphatic heterocycles. The summed E-state index contributed by atoms with van der Waals surface area (Å²) in [5.74, 6) is -0.380. The fourth-order valence-electron chi connectivity index (χ4n) is 2.57. The van der Waals surface area contributed by atoms with Crippen LogP contribution in [-0.4, -0.2) is 50.1 Å². The first kappa shape index (κ1) is 15.9. The first-order valence-electron chi connectivity index (χ1n) is 7.33. The van der Waals surface area contributed by atoms with Gasteiger partial charge in [0.1, 0.15) is 6.10 Å². The van der Waals surface area contributed by atoms with E-state index in [4.69, 9.17) is 9.47 Å². The van der Waals surface area contributed by atoms with Crippen molar-refractivity contribution in [1.82, 2.24) is 4.90 Å². The van der Waals surface area contributed by atoms with Crippen molar-refractivity contribution in [3.05, 3.63) is 29.6 Å². The van der Waals surface area contributed by atoms with Crippen molar-refractivity contribution in [1.29, 1.82) is 0 Å². The summed E-state index contributed by atoms with van der Waals surface area (Å²) in [6.45, 7) is 5.07. The molecule has 5 heteroatoms. The summed E-state index contributed by atoms with van der Waals surface area (Å²) >= 11 is 0. The van der Waals surface area contributed by atoms with Crippen molar-refractivity contribution in [2.24, 2.45) is 0 Å². The molecule has 1 aromatic carbocycles. The van der Waals surface area contributed by atoms with E-state index in [2.05, 4.69) is 11.8 Å². The molecule has 1 heterocycles. The van der Waals surface area contributed by atoms with Gasteiger partial charge >= 0.3 is 0 Å². The van der Waals surface area contributed by atoms with Crippen LogP contribution in [0.25, 0.3) is 0 Å². The second-order valence-corrected chi connectivity index (χ2v) is 5.24. The number of halogens is 1. The molecular formula is C16H22FNO3. The lowest BCUT2D eigenvalue weighted by molar-refractivity contribution is -0.135. The summed E-state index contributed by atoms with van der Waals surface area (Å²) in [6.07, 6.45) is 0.620. The van der Waals surface area contributed by atoms with Gasteiger partial charge in [-0.3, -0.25) is 9.69 Å². The van der Waals surface area contributed by atoms with Crippen LogP contribution >= 0.6 is 0 Å². The molecule has 0 aliphatic carbocycles. The number of rotatable bonds is 6. The van der Waals surface area contributed by atoms with Gasteiger partial charge in [-0.1, -0.05) is 19.1 Å². The quantitative estimate of drug-likeness (QED) is 0.805. The molecule has 1 unspecified atom stereocenters. The number of Topliss-reactive ketones (excluding diaryl/α,β-unsaturated/α-hetero) is 1. The van der Waals surface area contributed by atoms with E-state index in [1.807, 2.05) is 0 Å². The van der Waals surface area contributed by atoms with Gasteiger partial charge in [0.05, 0.1) is 13.7 Å². The molecule has 1 fully saturated rings. The SMILES string of the molecule is CCCN1CCOC(C(=O)Cc2cccc(OC)c2F)C1. The third-order valence-corrected chi connectivity index (χ3v) is 3.68. The molecule has 0 radical (unpaired) electrons. The molecule has 1 atom stereocenters. The van der Waals surface area contributed by atoms with Crippen molar-refractivity contribution < 1.29 is 18.7 Å². The lowest BCUT2D eigenvalue weighted by Gasteiger charge is -2.31. The molecule has 21 heavy (non-hydrogen) atoms. The number of hydrogen-bond donors (Lipinski definition) is 0. The minimum atomic E-state index is -0.463. The molecule has 116 valence electrons. The second-order valence-electron chi connectivity index (χ2n) is 5.24. The van der Waals surface area contributed by atoms with Crippen LogP contribution in [0.5, 0.6) is 5.75 Å². The summed E-state index contributed by atoms with van der Waals surface area (Å²) < 4.78 is 24.5. The topological polar surface area (TPSA) is 38.8 Å². The first-order valence-corrected chi connectivity index (χ1v) is 7.33. The van der Waals surface area contributed by atoms with Gasteiger partial charge < -0.3 is 9.47 Å². The third kappa shape index (κ3) is 4.02. The van der Waals surface area contributed by atoms with E-state index in [9.17, 15) is 9.18 Å².